The van der Waals surface area contributed by atoms with E-state index in [9.17, 15) is 14.9 Å². The maximum atomic E-state index is 13.4. The first-order chi connectivity index (χ1) is 14.6. The topological polar surface area (TPSA) is 84.7 Å². The lowest BCUT2D eigenvalue weighted by atomic mass is 9.77. The second kappa shape index (κ2) is 6.85. The molecule has 7 nitrogen and oxygen atoms in total. The van der Waals surface area contributed by atoms with Gasteiger partial charge in [0, 0.05) is 28.8 Å². The van der Waals surface area contributed by atoms with Gasteiger partial charge in [0.25, 0.3) is 11.9 Å². The normalized spacial score (nSPS) is 29.3. The molecule has 0 aliphatic carbocycles. The molecule has 0 saturated carbocycles. The molecule has 1 spiro atoms. The third-order valence-electron chi connectivity index (χ3n) is 6.68. The standard InChI is InChI=1S/C23H21N3O4/c1-2-14-30-16-11-9-15(10-12-16)20-19-8-5-13-25(19)23(21(20)26(28)29)17-6-3-4-7-18(17)24-22(23)27/h1,3-4,6-7,9-12,19-21H,5,8,13-14H2,(H,24,27)/t19-,20+,21-,23-/m0/s1. The summed E-state index contributed by atoms with van der Waals surface area (Å²) in [5.74, 6) is 2.34. The van der Waals surface area contributed by atoms with E-state index in [2.05, 4.69) is 16.1 Å². The fourth-order valence-electron chi connectivity index (χ4n) is 5.69. The van der Waals surface area contributed by atoms with Gasteiger partial charge in [0.2, 0.25) is 0 Å². The highest BCUT2D eigenvalue weighted by Crippen LogP contribution is 2.57. The van der Waals surface area contributed by atoms with Crippen molar-refractivity contribution in [2.24, 2.45) is 0 Å². The number of fused-ring (bicyclic) bond motifs is 4. The number of nitrogens with zero attached hydrogens (tertiary/aromatic N) is 2. The molecule has 2 saturated heterocycles. The molecule has 3 aliphatic heterocycles. The Bertz CT molecular complexity index is 1060. The Morgan fingerprint density at radius 1 is 1.27 bits per heavy atom. The van der Waals surface area contributed by atoms with Crippen molar-refractivity contribution in [3.05, 3.63) is 69.8 Å². The summed E-state index contributed by atoms with van der Waals surface area (Å²) < 4.78 is 5.45. The van der Waals surface area contributed by atoms with Gasteiger partial charge in [-0.2, -0.15) is 0 Å². The summed E-state index contributed by atoms with van der Waals surface area (Å²) in [5, 5.41) is 15.4. The van der Waals surface area contributed by atoms with Crippen LogP contribution in [-0.2, 0) is 10.3 Å². The SMILES string of the molecule is C#CCOc1ccc([C@H]2[C@H]([N+](=O)[O-])[C@@]3(C(=O)Nc4ccccc43)N3CCC[C@@H]23)cc1. The van der Waals surface area contributed by atoms with Gasteiger partial charge >= 0.3 is 0 Å². The lowest BCUT2D eigenvalue weighted by Crippen LogP contribution is -2.55. The van der Waals surface area contributed by atoms with Gasteiger partial charge < -0.3 is 10.1 Å². The number of carbonyl (C=O) groups is 1. The molecule has 4 atom stereocenters. The van der Waals surface area contributed by atoms with Crippen LogP contribution in [0.15, 0.2) is 48.5 Å². The smallest absolute Gasteiger partial charge is 0.256 e. The first kappa shape index (κ1) is 18.6. The molecule has 1 amide bonds. The number of para-hydroxylation sites is 1. The molecule has 0 aromatic heterocycles. The summed E-state index contributed by atoms with van der Waals surface area (Å²) in [7, 11) is 0. The van der Waals surface area contributed by atoms with Crippen LogP contribution in [0.3, 0.4) is 0 Å². The van der Waals surface area contributed by atoms with Crippen molar-refractivity contribution in [3.8, 4) is 18.1 Å². The molecule has 2 aromatic carbocycles. The quantitative estimate of drug-likeness (QED) is 0.482. The first-order valence-corrected chi connectivity index (χ1v) is 10.1. The summed E-state index contributed by atoms with van der Waals surface area (Å²) in [6, 6.07) is 13.5. The van der Waals surface area contributed by atoms with Crippen molar-refractivity contribution in [1.29, 1.82) is 0 Å². The van der Waals surface area contributed by atoms with E-state index in [1.54, 1.807) is 12.1 Å². The summed E-state index contributed by atoms with van der Waals surface area (Å²) in [4.78, 5) is 27.7. The summed E-state index contributed by atoms with van der Waals surface area (Å²) in [6.07, 6.45) is 6.97. The molecule has 0 bridgehead atoms. The highest BCUT2D eigenvalue weighted by atomic mass is 16.6. The van der Waals surface area contributed by atoms with Crippen LogP contribution >= 0.6 is 0 Å². The number of hydrogen-bond donors (Lipinski definition) is 1. The molecular formula is C23H21N3O4. The van der Waals surface area contributed by atoms with Crippen molar-refractivity contribution in [1.82, 2.24) is 4.90 Å². The Kier molecular flexibility index (Phi) is 4.26. The van der Waals surface area contributed by atoms with Crippen LogP contribution in [0, 0.1) is 22.5 Å². The monoisotopic (exact) mass is 403 g/mol. The average Bonchev–Trinajstić information content (AvgIpc) is 3.40. The number of nitrogens with one attached hydrogen (secondary N) is 1. The number of ether oxygens (including phenoxy) is 1. The van der Waals surface area contributed by atoms with Crippen LogP contribution in [0.25, 0.3) is 0 Å². The van der Waals surface area contributed by atoms with Crippen LogP contribution in [0.5, 0.6) is 5.75 Å². The Morgan fingerprint density at radius 3 is 2.77 bits per heavy atom. The Morgan fingerprint density at radius 2 is 2.03 bits per heavy atom. The lowest BCUT2D eigenvalue weighted by molar-refractivity contribution is -0.534. The largest absolute Gasteiger partial charge is 0.481 e. The van der Waals surface area contributed by atoms with E-state index < -0.39 is 17.5 Å². The Hall–Kier alpha value is -3.37. The van der Waals surface area contributed by atoms with Crippen LogP contribution in [0.2, 0.25) is 0 Å². The average molecular weight is 403 g/mol. The van der Waals surface area contributed by atoms with Gasteiger partial charge in [0.05, 0.1) is 5.92 Å². The number of anilines is 1. The third-order valence-corrected chi connectivity index (χ3v) is 6.68. The molecule has 0 radical (unpaired) electrons. The van der Waals surface area contributed by atoms with E-state index in [1.165, 1.54) is 0 Å². The van der Waals surface area contributed by atoms with Gasteiger partial charge in [-0.05, 0) is 36.6 Å². The van der Waals surface area contributed by atoms with Crippen molar-refractivity contribution in [2.45, 2.75) is 36.4 Å². The minimum absolute atomic E-state index is 0.0743. The summed E-state index contributed by atoms with van der Waals surface area (Å²) in [5.41, 5.74) is 0.930. The van der Waals surface area contributed by atoms with E-state index in [0.29, 0.717) is 23.5 Å². The fraction of sp³-hybridized carbons (Fsp3) is 0.348. The highest BCUT2D eigenvalue weighted by Gasteiger charge is 2.73. The Balaban J connectivity index is 1.64. The van der Waals surface area contributed by atoms with Gasteiger partial charge in [-0.25, -0.2) is 0 Å². The lowest BCUT2D eigenvalue weighted by Gasteiger charge is -2.32. The van der Waals surface area contributed by atoms with E-state index in [4.69, 9.17) is 11.2 Å². The highest BCUT2D eigenvalue weighted by molar-refractivity contribution is 6.07. The summed E-state index contributed by atoms with van der Waals surface area (Å²) in [6.45, 7) is 0.827. The number of nitro groups is 1. The molecule has 0 unspecified atom stereocenters. The zero-order valence-corrected chi connectivity index (χ0v) is 16.3. The number of terminal acetylenes is 1. The number of rotatable bonds is 4. The fourth-order valence-corrected chi connectivity index (χ4v) is 5.69. The first-order valence-electron chi connectivity index (χ1n) is 10.1. The van der Waals surface area contributed by atoms with Gasteiger partial charge in [-0.15, -0.1) is 6.42 Å². The van der Waals surface area contributed by atoms with E-state index in [1.807, 2.05) is 36.4 Å². The van der Waals surface area contributed by atoms with Gasteiger partial charge in [-0.3, -0.25) is 19.8 Å². The molecule has 2 fully saturated rings. The van der Waals surface area contributed by atoms with E-state index >= 15 is 0 Å². The number of benzene rings is 2. The molecule has 152 valence electrons. The van der Waals surface area contributed by atoms with E-state index in [0.717, 1.165) is 18.4 Å². The molecule has 3 aliphatic rings. The van der Waals surface area contributed by atoms with Gasteiger partial charge in [0.15, 0.2) is 5.54 Å². The summed E-state index contributed by atoms with van der Waals surface area (Å²) >= 11 is 0. The van der Waals surface area contributed by atoms with Gasteiger partial charge in [-0.1, -0.05) is 36.3 Å². The Labute approximate surface area is 174 Å². The van der Waals surface area contributed by atoms with Crippen LogP contribution in [0.4, 0.5) is 5.69 Å². The molecule has 5 rings (SSSR count). The second-order valence-electron chi connectivity index (χ2n) is 7.99. The predicted octanol–water partition coefficient (Wildman–Crippen LogP) is 2.75. The minimum Gasteiger partial charge on any atom is -0.481 e. The van der Waals surface area contributed by atoms with Crippen molar-refractivity contribution in [3.63, 3.8) is 0 Å². The van der Waals surface area contributed by atoms with Gasteiger partial charge in [0.1, 0.15) is 12.4 Å². The molecular weight excluding hydrogens is 382 g/mol. The molecule has 2 aromatic rings. The van der Waals surface area contributed by atoms with Crippen molar-refractivity contribution in [2.75, 3.05) is 18.5 Å². The van der Waals surface area contributed by atoms with Crippen LogP contribution in [0.1, 0.15) is 29.9 Å². The van der Waals surface area contributed by atoms with Crippen molar-refractivity contribution < 1.29 is 14.5 Å². The molecule has 30 heavy (non-hydrogen) atoms. The predicted molar refractivity (Wildman–Crippen MR) is 111 cm³/mol. The molecule has 7 heteroatoms. The van der Waals surface area contributed by atoms with Crippen LogP contribution < -0.4 is 10.1 Å². The third kappa shape index (κ3) is 2.40. The number of amides is 1. The second-order valence-corrected chi connectivity index (χ2v) is 7.99. The number of hydrogen-bond acceptors (Lipinski definition) is 5. The maximum Gasteiger partial charge on any atom is 0.256 e. The maximum absolute atomic E-state index is 13.4. The van der Waals surface area contributed by atoms with E-state index in [-0.39, 0.29) is 23.5 Å². The number of carbonyl (C=O) groups excluding carboxylic acids is 1. The minimum atomic E-state index is -1.29. The zero-order chi connectivity index (χ0) is 20.9. The molecule has 3 heterocycles. The molecule has 1 N–H and O–H groups in total. The van der Waals surface area contributed by atoms with Crippen molar-refractivity contribution >= 4 is 11.6 Å². The zero-order valence-electron chi connectivity index (χ0n) is 16.3. The van der Waals surface area contributed by atoms with Crippen LogP contribution in [-0.4, -0.2) is 41.0 Å².